The van der Waals surface area contributed by atoms with Gasteiger partial charge >= 0.3 is 0 Å². The van der Waals surface area contributed by atoms with Crippen molar-refractivity contribution in [3.8, 4) is 0 Å². The Kier molecular flexibility index (Phi) is 6.06. The van der Waals surface area contributed by atoms with Crippen LogP contribution >= 0.6 is 15.9 Å². The summed E-state index contributed by atoms with van der Waals surface area (Å²) >= 11 is 3.60. The van der Waals surface area contributed by atoms with Crippen molar-refractivity contribution in [3.63, 3.8) is 0 Å². The van der Waals surface area contributed by atoms with E-state index < -0.39 is 0 Å². The summed E-state index contributed by atoms with van der Waals surface area (Å²) in [7, 11) is 1.73. The van der Waals surface area contributed by atoms with Gasteiger partial charge in [0.15, 0.2) is 0 Å². The van der Waals surface area contributed by atoms with Gasteiger partial charge in [-0.2, -0.15) is 0 Å². The molecule has 1 rings (SSSR count). The van der Waals surface area contributed by atoms with Crippen LogP contribution in [0.25, 0.3) is 0 Å². The first-order valence-electron chi connectivity index (χ1n) is 5.46. The highest BCUT2D eigenvalue weighted by Gasteiger charge is 2.35. The van der Waals surface area contributed by atoms with E-state index in [0.29, 0.717) is 5.41 Å². The van der Waals surface area contributed by atoms with Crippen molar-refractivity contribution >= 4 is 15.9 Å². The van der Waals surface area contributed by atoms with Gasteiger partial charge in [0.2, 0.25) is 0 Å². The second-order valence-corrected chi connectivity index (χ2v) is 4.76. The fraction of sp³-hybridized carbons (Fsp3) is 1.00. The molecule has 84 valence electrons. The van der Waals surface area contributed by atoms with E-state index in [1.807, 2.05) is 0 Å². The number of hydrogen-bond donors (Lipinski definition) is 0. The fourth-order valence-corrected chi connectivity index (χ4v) is 2.66. The zero-order valence-corrected chi connectivity index (χ0v) is 10.6. The number of methoxy groups -OCH3 is 1. The largest absolute Gasteiger partial charge is 0.385 e. The highest BCUT2D eigenvalue weighted by molar-refractivity contribution is 9.09. The lowest BCUT2D eigenvalue weighted by Gasteiger charge is -2.40. The molecule has 1 aliphatic rings. The van der Waals surface area contributed by atoms with Gasteiger partial charge in [0, 0.05) is 32.3 Å². The highest BCUT2D eigenvalue weighted by Crippen LogP contribution is 2.45. The van der Waals surface area contributed by atoms with Crippen molar-refractivity contribution in [1.82, 2.24) is 0 Å². The Balaban J connectivity index is 1.92. The summed E-state index contributed by atoms with van der Waals surface area (Å²) in [5.74, 6) is 0. The van der Waals surface area contributed by atoms with E-state index in [1.54, 1.807) is 7.11 Å². The van der Waals surface area contributed by atoms with Crippen LogP contribution in [0.15, 0.2) is 0 Å². The molecule has 1 saturated carbocycles. The molecule has 3 heteroatoms. The number of hydrogen-bond acceptors (Lipinski definition) is 2. The number of halogens is 1. The average molecular weight is 265 g/mol. The van der Waals surface area contributed by atoms with E-state index >= 15 is 0 Å². The second kappa shape index (κ2) is 6.81. The van der Waals surface area contributed by atoms with Crippen LogP contribution in [0.4, 0.5) is 0 Å². The van der Waals surface area contributed by atoms with E-state index in [2.05, 4.69) is 15.9 Å². The Morgan fingerprint density at radius 2 is 2.00 bits per heavy atom. The quantitative estimate of drug-likeness (QED) is 0.496. The molecule has 0 amide bonds. The first-order chi connectivity index (χ1) is 6.83. The SMILES string of the molecule is COCCCOCCC1(CBr)CCC1. The van der Waals surface area contributed by atoms with Crippen molar-refractivity contribution in [2.24, 2.45) is 5.41 Å². The highest BCUT2D eigenvalue weighted by atomic mass is 79.9. The Morgan fingerprint density at radius 1 is 1.21 bits per heavy atom. The van der Waals surface area contributed by atoms with Crippen LogP contribution < -0.4 is 0 Å². The zero-order valence-electron chi connectivity index (χ0n) is 9.06. The van der Waals surface area contributed by atoms with Gasteiger partial charge in [-0.3, -0.25) is 0 Å². The molecular weight excluding hydrogens is 244 g/mol. The predicted molar refractivity (Wildman–Crippen MR) is 62.0 cm³/mol. The summed E-state index contributed by atoms with van der Waals surface area (Å²) in [6.07, 6.45) is 6.37. The van der Waals surface area contributed by atoms with Crippen molar-refractivity contribution in [2.45, 2.75) is 32.1 Å². The molecule has 0 spiro atoms. The van der Waals surface area contributed by atoms with Crippen molar-refractivity contribution in [2.75, 3.05) is 32.3 Å². The van der Waals surface area contributed by atoms with Crippen LogP contribution in [0.1, 0.15) is 32.1 Å². The molecule has 0 aromatic heterocycles. The minimum Gasteiger partial charge on any atom is -0.385 e. The Labute approximate surface area is 95.5 Å². The molecule has 0 aromatic rings. The maximum atomic E-state index is 5.57. The standard InChI is InChI=1S/C11H21BrO2/c1-13-7-3-8-14-9-6-11(10-12)4-2-5-11/h2-10H2,1H3. The smallest absolute Gasteiger partial charge is 0.0487 e. The predicted octanol–water partition coefficient (Wildman–Crippen LogP) is 2.99. The van der Waals surface area contributed by atoms with E-state index in [4.69, 9.17) is 9.47 Å². The van der Waals surface area contributed by atoms with Gasteiger partial charge in [-0.1, -0.05) is 22.4 Å². The third kappa shape index (κ3) is 3.87. The normalized spacial score (nSPS) is 19.3. The van der Waals surface area contributed by atoms with E-state index in [0.717, 1.165) is 31.6 Å². The van der Waals surface area contributed by atoms with Gasteiger partial charge in [-0.15, -0.1) is 0 Å². The first-order valence-corrected chi connectivity index (χ1v) is 6.58. The minimum atomic E-state index is 0.571. The van der Waals surface area contributed by atoms with Crippen molar-refractivity contribution in [1.29, 1.82) is 0 Å². The summed E-state index contributed by atoms with van der Waals surface area (Å²) in [6.45, 7) is 2.56. The summed E-state index contributed by atoms with van der Waals surface area (Å²) in [6, 6.07) is 0. The summed E-state index contributed by atoms with van der Waals surface area (Å²) in [5, 5.41) is 1.14. The van der Waals surface area contributed by atoms with Crippen LogP contribution in [0.2, 0.25) is 0 Å². The molecule has 0 radical (unpaired) electrons. The van der Waals surface area contributed by atoms with E-state index in [1.165, 1.54) is 25.7 Å². The first kappa shape index (κ1) is 12.5. The van der Waals surface area contributed by atoms with Crippen LogP contribution in [0.3, 0.4) is 0 Å². The van der Waals surface area contributed by atoms with Crippen LogP contribution in [-0.2, 0) is 9.47 Å². The Bertz CT molecular complexity index is 141. The zero-order chi connectivity index (χ0) is 10.3. The fourth-order valence-electron chi connectivity index (χ4n) is 1.82. The maximum absolute atomic E-state index is 5.57. The lowest BCUT2D eigenvalue weighted by Crippen LogP contribution is -2.32. The van der Waals surface area contributed by atoms with Gasteiger partial charge in [0.05, 0.1) is 0 Å². The number of ether oxygens (including phenoxy) is 2. The van der Waals surface area contributed by atoms with Crippen LogP contribution in [0.5, 0.6) is 0 Å². The molecule has 0 heterocycles. The van der Waals surface area contributed by atoms with Gasteiger partial charge in [-0.05, 0) is 31.1 Å². The van der Waals surface area contributed by atoms with Gasteiger partial charge in [-0.25, -0.2) is 0 Å². The molecule has 2 nitrogen and oxygen atoms in total. The molecule has 0 saturated heterocycles. The Morgan fingerprint density at radius 3 is 2.50 bits per heavy atom. The number of rotatable bonds is 8. The van der Waals surface area contributed by atoms with Crippen LogP contribution in [-0.4, -0.2) is 32.3 Å². The third-order valence-corrected chi connectivity index (χ3v) is 4.30. The van der Waals surface area contributed by atoms with E-state index in [-0.39, 0.29) is 0 Å². The molecule has 0 aliphatic heterocycles. The molecule has 0 N–H and O–H groups in total. The summed E-state index contributed by atoms with van der Waals surface area (Å²) in [5.41, 5.74) is 0.571. The Hall–Kier alpha value is 0.400. The van der Waals surface area contributed by atoms with Crippen LogP contribution in [0, 0.1) is 5.41 Å². The van der Waals surface area contributed by atoms with Gasteiger partial charge in [0.1, 0.15) is 0 Å². The van der Waals surface area contributed by atoms with E-state index in [9.17, 15) is 0 Å². The maximum Gasteiger partial charge on any atom is 0.0487 e. The lowest BCUT2D eigenvalue weighted by molar-refractivity contribution is 0.0557. The third-order valence-electron chi connectivity index (χ3n) is 3.11. The monoisotopic (exact) mass is 264 g/mol. The van der Waals surface area contributed by atoms with Gasteiger partial charge in [0.25, 0.3) is 0 Å². The molecule has 1 fully saturated rings. The summed E-state index contributed by atoms with van der Waals surface area (Å²) in [4.78, 5) is 0. The molecule has 0 bridgehead atoms. The van der Waals surface area contributed by atoms with Crippen molar-refractivity contribution in [3.05, 3.63) is 0 Å². The van der Waals surface area contributed by atoms with Gasteiger partial charge < -0.3 is 9.47 Å². The number of alkyl halides is 1. The molecule has 0 unspecified atom stereocenters. The molecular formula is C11H21BrO2. The topological polar surface area (TPSA) is 18.5 Å². The molecule has 1 aliphatic carbocycles. The minimum absolute atomic E-state index is 0.571. The second-order valence-electron chi connectivity index (χ2n) is 4.20. The molecule has 0 atom stereocenters. The lowest BCUT2D eigenvalue weighted by atomic mass is 9.68. The summed E-state index contributed by atoms with van der Waals surface area (Å²) < 4.78 is 10.5. The average Bonchev–Trinajstić information content (AvgIpc) is 2.15. The van der Waals surface area contributed by atoms with Crippen molar-refractivity contribution < 1.29 is 9.47 Å². The molecule has 0 aromatic carbocycles. The molecule has 14 heavy (non-hydrogen) atoms.